The molecule has 0 saturated heterocycles. The molecule has 0 aliphatic rings. The van der Waals surface area contributed by atoms with Gasteiger partial charge in [-0.1, -0.05) is 26.0 Å². The Balaban J connectivity index is 2.52. The predicted octanol–water partition coefficient (Wildman–Crippen LogP) is 2.92. The zero-order valence-corrected chi connectivity index (χ0v) is 10.5. The Morgan fingerprint density at radius 2 is 2.18 bits per heavy atom. The molecule has 1 aromatic carbocycles. The molecule has 0 aliphatic heterocycles. The Morgan fingerprint density at radius 1 is 1.41 bits per heavy atom. The lowest BCUT2D eigenvalue weighted by molar-refractivity contribution is 0.282. The van der Waals surface area contributed by atoms with E-state index < -0.39 is 0 Å². The van der Waals surface area contributed by atoms with Gasteiger partial charge in [-0.3, -0.25) is 0 Å². The van der Waals surface area contributed by atoms with Crippen molar-refractivity contribution in [3.63, 3.8) is 0 Å². The minimum absolute atomic E-state index is 0.0628. The van der Waals surface area contributed by atoms with Crippen LogP contribution in [0.5, 0.6) is 0 Å². The van der Waals surface area contributed by atoms with Crippen LogP contribution in [0.4, 0.5) is 5.69 Å². The third-order valence-electron chi connectivity index (χ3n) is 2.79. The van der Waals surface area contributed by atoms with Crippen molar-refractivity contribution in [2.45, 2.75) is 33.3 Å². The van der Waals surface area contributed by atoms with Crippen LogP contribution < -0.4 is 5.32 Å². The van der Waals surface area contributed by atoms with E-state index in [4.69, 9.17) is 10.4 Å². The number of aliphatic hydroxyl groups excluding tert-OH is 1. The van der Waals surface area contributed by atoms with Crippen LogP contribution in [0.3, 0.4) is 0 Å². The van der Waals surface area contributed by atoms with Crippen molar-refractivity contribution >= 4 is 5.69 Å². The van der Waals surface area contributed by atoms with E-state index in [0.29, 0.717) is 6.42 Å². The molecule has 0 saturated carbocycles. The van der Waals surface area contributed by atoms with E-state index in [-0.39, 0.29) is 12.0 Å². The summed E-state index contributed by atoms with van der Waals surface area (Å²) in [4.78, 5) is 0. The highest BCUT2D eigenvalue weighted by Gasteiger charge is 2.16. The standard InChI is InChI=1S/C14H20N2O/c1-14(2,7-4-8-15)11-16-13-6-3-5-12(9-13)10-17/h3,5-6,9,16-17H,4,7,10-11H2,1-2H3. The van der Waals surface area contributed by atoms with Gasteiger partial charge in [0.1, 0.15) is 0 Å². The number of hydrogen-bond acceptors (Lipinski definition) is 3. The molecule has 0 fully saturated rings. The average Bonchev–Trinajstić information content (AvgIpc) is 2.34. The van der Waals surface area contributed by atoms with Gasteiger partial charge in [0.2, 0.25) is 0 Å². The monoisotopic (exact) mass is 232 g/mol. The van der Waals surface area contributed by atoms with Gasteiger partial charge in [0, 0.05) is 18.7 Å². The fourth-order valence-electron chi connectivity index (χ4n) is 1.60. The molecule has 0 radical (unpaired) electrons. The van der Waals surface area contributed by atoms with Crippen LogP contribution in [0.25, 0.3) is 0 Å². The first-order valence-corrected chi connectivity index (χ1v) is 5.88. The maximum atomic E-state index is 9.04. The normalized spacial score (nSPS) is 10.9. The second kappa shape index (κ2) is 6.27. The van der Waals surface area contributed by atoms with Gasteiger partial charge in [-0.15, -0.1) is 0 Å². The van der Waals surface area contributed by atoms with E-state index >= 15 is 0 Å². The van der Waals surface area contributed by atoms with Crippen LogP contribution >= 0.6 is 0 Å². The molecule has 1 aromatic rings. The van der Waals surface area contributed by atoms with Gasteiger partial charge < -0.3 is 10.4 Å². The molecule has 0 bridgehead atoms. The van der Waals surface area contributed by atoms with Crippen molar-refractivity contribution in [1.82, 2.24) is 0 Å². The van der Waals surface area contributed by atoms with Gasteiger partial charge in [0.05, 0.1) is 12.7 Å². The molecule has 92 valence electrons. The lowest BCUT2D eigenvalue weighted by Crippen LogP contribution is -2.22. The molecule has 0 aliphatic carbocycles. The second-order valence-electron chi connectivity index (χ2n) is 5.03. The summed E-state index contributed by atoms with van der Waals surface area (Å²) in [7, 11) is 0. The highest BCUT2D eigenvalue weighted by atomic mass is 16.3. The molecule has 0 heterocycles. The lowest BCUT2D eigenvalue weighted by atomic mass is 9.88. The van der Waals surface area contributed by atoms with Crippen LogP contribution in [0.15, 0.2) is 24.3 Å². The Morgan fingerprint density at radius 3 is 2.82 bits per heavy atom. The Labute approximate surface area is 103 Å². The summed E-state index contributed by atoms with van der Waals surface area (Å²) < 4.78 is 0. The van der Waals surface area contributed by atoms with Crippen molar-refractivity contribution in [3.8, 4) is 6.07 Å². The fourth-order valence-corrected chi connectivity index (χ4v) is 1.60. The quantitative estimate of drug-likeness (QED) is 0.793. The first kappa shape index (κ1) is 13.5. The highest BCUT2D eigenvalue weighted by molar-refractivity contribution is 5.45. The first-order valence-electron chi connectivity index (χ1n) is 5.88. The molecule has 0 unspecified atom stereocenters. The number of anilines is 1. The highest BCUT2D eigenvalue weighted by Crippen LogP contribution is 2.23. The van der Waals surface area contributed by atoms with E-state index in [0.717, 1.165) is 24.2 Å². The molecule has 3 heteroatoms. The van der Waals surface area contributed by atoms with Crippen LogP contribution in [0, 0.1) is 16.7 Å². The molecule has 17 heavy (non-hydrogen) atoms. The molecule has 2 N–H and O–H groups in total. The van der Waals surface area contributed by atoms with Gasteiger partial charge in [0.15, 0.2) is 0 Å². The summed E-state index contributed by atoms with van der Waals surface area (Å²) in [5.41, 5.74) is 2.02. The summed E-state index contributed by atoms with van der Waals surface area (Å²) in [6, 6.07) is 9.93. The van der Waals surface area contributed by atoms with Gasteiger partial charge in [-0.2, -0.15) is 5.26 Å². The minimum Gasteiger partial charge on any atom is -0.392 e. The van der Waals surface area contributed by atoms with E-state index in [9.17, 15) is 0 Å². The summed E-state index contributed by atoms with van der Waals surface area (Å²) in [6.45, 7) is 5.18. The molecule has 3 nitrogen and oxygen atoms in total. The number of nitriles is 1. The molecule has 0 aromatic heterocycles. The SMILES string of the molecule is CC(C)(CCC#N)CNc1cccc(CO)c1. The molecule has 0 atom stereocenters. The van der Waals surface area contributed by atoms with E-state index in [2.05, 4.69) is 25.2 Å². The third-order valence-corrected chi connectivity index (χ3v) is 2.79. The van der Waals surface area contributed by atoms with Crippen LogP contribution in [0.1, 0.15) is 32.3 Å². The van der Waals surface area contributed by atoms with Crippen molar-refractivity contribution in [2.75, 3.05) is 11.9 Å². The fraction of sp³-hybridized carbons (Fsp3) is 0.500. The van der Waals surface area contributed by atoms with Crippen LogP contribution in [-0.2, 0) is 6.61 Å². The second-order valence-corrected chi connectivity index (χ2v) is 5.03. The lowest BCUT2D eigenvalue weighted by Gasteiger charge is -2.24. The average molecular weight is 232 g/mol. The van der Waals surface area contributed by atoms with E-state index in [1.165, 1.54) is 0 Å². The molecular formula is C14H20N2O. The zero-order chi connectivity index (χ0) is 12.7. The summed E-state index contributed by atoms with van der Waals surface area (Å²) in [5, 5.41) is 21.0. The largest absolute Gasteiger partial charge is 0.392 e. The topological polar surface area (TPSA) is 56.0 Å². The number of benzene rings is 1. The van der Waals surface area contributed by atoms with Gasteiger partial charge in [-0.05, 0) is 29.5 Å². The summed E-state index contributed by atoms with van der Waals surface area (Å²) in [5.74, 6) is 0. The number of hydrogen-bond donors (Lipinski definition) is 2. The van der Waals surface area contributed by atoms with Crippen LogP contribution in [-0.4, -0.2) is 11.7 Å². The van der Waals surface area contributed by atoms with Crippen molar-refractivity contribution in [1.29, 1.82) is 5.26 Å². The molecule has 0 amide bonds. The Kier molecular flexibility index (Phi) is 4.99. The summed E-state index contributed by atoms with van der Waals surface area (Å²) >= 11 is 0. The molecule has 0 spiro atoms. The maximum absolute atomic E-state index is 9.04. The van der Waals surface area contributed by atoms with Crippen LogP contribution in [0.2, 0.25) is 0 Å². The molecular weight excluding hydrogens is 212 g/mol. The third kappa shape index (κ3) is 4.88. The number of rotatable bonds is 6. The maximum Gasteiger partial charge on any atom is 0.0682 e. The van der Waals surface area contributed by atoms with Gasteiger partial charge in [-0.25, -0.2) is 0 Å². The molecule has 1 rings (SSSR count). The zero-order valence-electron chi connectivity index (χ0n) is 10.5. The Hall–Kier alpha value is -1.53. The van der Waals surface area contributed by atoms with Gasteiger partial charge in [0.25, 0.3) is 0 Å². The van der Waals surface area contributed by atoms with E-state index in [1.807, 2.05) is 24.3 Å². The van der Waals surface area contributed by atoms with Crippen molar-refractivity contribution in [2.24, 2.45) is 5.41 Å². The first-order chi connectivity index (χ1) is 8.07. The smallest absolute Gasteiger partial charge is 0.0682 e. The minimum atomic E-state index is 0.0628. The summed E-state index contributed by atoms with van der Waals surface area (Å²) in [6.07, 6.45) is 1.47. The van der Waals surface area contributed by atoms with Crippen molar-refractivity contribution < 1.29 is 5.11 Å². The number of nitrogens with zero attached hydrogens (tertiary/aromatic N) is 1. The van der Waals surface area contributed by atoms with Crippen molar-refractivity contribution in [3.05, 3.63) is 29.8 Å². The number of aliphatic hydroxyl groups is 1. The van der Waals surface area contributed by atoms with E-state index in [1.54, 1.807) is 0 Å². The predicted molar refractivity (Wildman–Crippen MR) is 69.5 cm³/mol. The number of nitrogens with one attached hydrogen (secondary N) is 1. The Bertz CT molecular complexity index is 393. The van der Waals surface area contributed by atoms with Gasteiger partial charge >= 0.3 is 0 Å².